The van der Waals surface area contributed by atoms with Crippen LogP contribution in [0.2, 0.25) is 5.02 Å². The average Bonchev–Trinajstić information content (AvgIpc) is 3.26. The monoisotopic (exact) mass is 403 g/mol. The molecule has 2 aromatic heterocycles. The van der Waals surface area contributed by atoms with Gasteiger partial charge >= 0.3 is 0 Å². The van der Waals surface area contributed by atoms with E-state index in [1.165, 1.54) is 0 Å². The molecule has 0 bridgehead atoms. The third-order valence-electron chi connectivity index (χ3n) is 5.57. The Kier molecular flexibility index (Phi) is 3.73. The molecule has 0 aliphatic carbocycles. The quantitative estimate of drug-likeness (QED) is 0.510. The Hall–Kier alpha value is -3.31. The Morgan fingerprint density at radius 3 is 2.10 bits per heavy atom. The van der Waals surface area contributed by atoms with Gasteiger partial charge in [-0.25, -0.2) is 0 Å². The summed E-state index contributed by atoms with van der Waals surface area (Å²) in [6.07, 6.45) is 3.79. The van der Waals surface area contributed by atoms with Crippen molar-refractivity contribution < 1.29 is 9.59 Å². The summed E-state index contributed by atoms with van der Waals surface area (Å²) in [4.78, 5) is 25.7. The molecule has 144 valence electrons. The van der Waals surface area contributed by atoms with Crippen molar-refractivity contribution in [1.82, 2.24) is 14.5 Å². The van der Waals surface area contributed by atoms with E-state index in [1.807, 2.05) is 72.9 Å². The molecule has 1 N–H and O–H groups in total. The van der Waals surface area contributed by atoms with E-state index < -0.39 is 0 Å². The maximum Gasteiger partial charge on any atom is 0.259 e. The number of nitrogens with zero attached hydrogens (tertiary/aromatic N) is 2. The van der Waals surface area contributed by atoms with Gasteiger partial charge in [0.1, 0.15) is 0 Å². The smallest absolute Gasteiger partial charge is 0.259 e. The Bertz CT molecular complexity index is 1400. The van der Waals surface area contributed by atoms with Crippen LogP contribution in [-0.2, 0) is 23.7 Å². The molecular weight excluding hydrogens is 386 g/mol. The lowest BCUT2D eigenvalue weighted by molar-refractivity contribution is -0.122. The van der Waals surface area contributed by atoms with Crippen molar-refractivity contribution in [2.45, 2.75) is 6.92 Å². The number of nitrogens with one attached hydrogen (secondary N) is 1. The molecule has 0 saturated heterocycles. The van der Waals surface area contributed by atoms with Crippen molar-refractivity contribution in [3.63, 3.8) is 0 Å². The first-order valence-electron chi connectivity index (χ1n) is 9.26. The van der Waals surface area contributed by atoms with Gasteiger partial charge in [-0.15, -0.1) is 0 Å². The third kappa shape index (κ3) is 2.54. The summed E-state index contributed by atoms with van der Waals surface area (Å²) in [7, 11) is 3.85. The number of benzene rings is 2. The second-order valence-electron chi connectivity index (χ2n) is 7.52. The summed E-state index contributed by atoms with van der Waals surface area (Å²) in [5.74, 6) is -0.765. The molecule has 0 spiro atoms. The van der Waals surface area contributed by atoms with Gasteiger partial charge in [0.15, 0.2) is 0 Å². The van der Waals surface area contributed by atoms with E-state index in [1.54, 1.807) is 0 Å². The van der Waals surface area contributed by atoms with Gasteiger partial charge in [0.2, 0.25) is 0 Å². The third-order valence-corrected chi connectivity index (χ3v) is 5.80. The highest BCUT2D eigenvalue weighted by molar-refractivity contribution is 6.51. The molecule has 0 unspecified atom stereocenters. The van der Waals surface area contributed by atoms with Gasteiger partial charge in [0.25, 0.3) is 11.8 Å². The van der Waals surface area contributed by atoms with Crippen LogP contribution in [0.3, 0.4) is 0 Å². The molecule has 2 aromatic carbocycles. The molecule has 1 aliphatic heterocycles. The molecular formula is C23H18ClN3O2. The van der Waals surface area contributed by atoms with Gasteiger partial charge in [-0.2, -0.15) is 0 Å². The molecule has 3 heterocycles. The van der Waals surface area contributed by atoms with E-state index in [9.17, 15) is 9.59 Å². The number of rotatable bonds is 2. The number of carbonyl (C=O) groups is 2. The topological polar surface area (TPSA) is 56.0 Å². The first-order chi connectivity index (χ1) is 13.8. The van der Waals surface area contributed by atoms with Gasteiger partial charge in [-0.05, 0) is 36.8 Å². The van der Waals surface area contributed by atoms with E-state index >= 15 is 0 Å². The molecule has 6 heteroatoms. The number of halogens is 1. The minimum Gasteiger partial charge on any atom is -0.350 e. The van der Waals surface area contributed by atoms with Crippen LogP contribution in [0.4, 0.5) is 0 Å². The molecule has 1 aliphatic rings. The van der Waals surface area contributed by atoms with Crippen LogP contribution in [0.15, 0.2) is 48.8 Å². The average molecular weight is 404 g/mol. The predicted octanol–water partition coefficient (Wildman–Crippen LogP) is 4.20. The number of aromatic nitrogens is 2. The van der Waals surface area contributed by atoms with E-state index in [4.69, 9.17) is 11.6 Å². The van der Waals surface area contributed by atoms with Crippen LogP contribution in [0, 0.1) is 6.92 Å². The zero-order valence-electron chi connectivity index (χ0n) is 16.2. The second-order valence-corrected chi connectivity index (χ2v) is 7.96. The van der Waals surface area contributed by atoms with Crippen molar-refractivity contribution in [3.05, 3.63) is 70.5 Å². The largest absolute Gasteiger partial charge is 0.350 e. The number of fused-ring (bicyclic) bond motifs is 2. The van der Waals surface area contributed by atoms with E-state index in [0.29, 0.717) is 21.7 Å². The Labute approximate surface area is 172 Å². The van der Waals surface area contributed by atoms with Crippen LogP contribution in [0.1, 0.15) is 16.7 Å². The number of amides is 2. The number of imide groups is 1. The lowest BCUT2D eigenvalue weighted by Crippen LogP contribution is -2.22. The summed E-state index contributed by atoms with van der Waals surface area (Å²) >= 11 is 6.23. The van der Waals surface area contributed by atoms with Gasteiger partial charge in [-0.1, -0.05) is 23.7 Å². The number of hydrogen-bond acceptors (Lipinski definition) is 2. The van der Waals surface area contributed by atoms with Crippen LogP contribution in [-0.4, -0.2) is 20.9 Å². The standard InChI is InChI=1S/C23H18ClN3O2/c1-12-4-6-14-16(10-27(3)19(14)8-12)20-21(23(29)25-22(20)28)17-11-26(2)18-7-5-13(24)9-15(17)18/h4-11H,1-3H3,(H,25,28,29). The van der Waals surface area contributed by atoms with Crippen LogP contribution < -0.4 is 5.32 Å². The van der Waals surface area contributed by atoms with Crippen LogP contribution in [0.25, 0.3) is 33.0 Å². The molecule has 5 rings (SSSR count). The highest BCUT2D eigenvalue weighted by Crippen LogP contribution is 2.39. The summed E-state index contributed by atoms with van der Waals surface area (Å²) in [6.45, 7) is 2.03. The van der Waals surface area contributed by atoms with E-state index in [0.717, 1.165) is 32.9 Å². The Morgan fingerprint density at radius 2 is 1.41 bits per heavy atom. The SMILES string of the molecule is Cc1ccc2c(C3=C(c4cn(C)c5ccc(Cl)cc45)C(=O)NC3=O)cn(C)c2c1. The lowest BCUT2D eigenvalue weighted by Gasteiger charge is -2.03. The second kappa shape index (κ2) is 6.09. The van der Waals surface area contributed by atoms with Crippen LogP contribution >= 0.6 is 11.6 Å². The minimum atomic E-state index is -0.387. The fraction of sp³-hybridized carbons (Fsp3) is 0.130. The molecule has 0 fully saturated rings. The highest BCUT2D eigenvalue weighted by atomic mass is 35.5. The fourth-order valence-corrected chi connectivity index (χ4v) is 4.40. The van der Waals surface area contributed by atoms with Gasteiger partial charge in [0, 0.05) is 64.4 Å². The number of carbonyl (C=O) groups excluding carboxylic acids is 2. The summed E-state index contributed by atoms with van der Waals surface area (Å²) in [6, 6.07) is 11.6. The Morgan fingerprint density at radius 1 is 0.793 bits per heavy atom. The first-order valence-corrected chi connectivity index (χ1v) is 9.64. The molecule has 5 nitrogen and oxygen atoms in total. The maximum absolute atomic E-state index is 12.9. The molecule has 4 aromatic rings. The lowest BCUT2D eigenvalue weighted by atomic mass is 9.95. The van der Waals surface area contributed by atoms with Crippen molar-refractivity contribution >= 4 is 56.4 Å². The van der Waals surface area contributed by atoms with Crippen molar-refractivity contribution in [2.24, 2.45) is 14.1 Å². The van der Waals surface area contributed by atoms with Gasteiger partial charge in [-0.3, -0.25) is 14.9 Å². The zero-order chi connectivity index (χ0) is 20.4. The van der Waals surface area contributed by atoms with Gasteiger partial charge < -0.3 is 9.13 Å². The predicted molar refractivity (Wildman–Crippen MR) is 116 cm³/mol. The molecule has 29 heavy (non-hydrogen) atoms. The van der Waals surface area contributed by atoms with E-state index in [-0.39, 0.29) is 11.8 Å². The highest BCUT2D eigenvalue weighted by Gasteiger charge is 2.35. The van der Waals surface area contributed by atoms with Crippen molar-refractivity contribution in [1.29, 1.82) is 0 Å². The Balaban J connectivity index is 1.87. The van der Waals surface area contributed by atoms with Gasteiger partial charge in [0.05, 0.1) is 11.1 Å². The zero-order valence-corrected chi connectivity index (χ0v) is 17.0. The summed E-state index contributed by atoms with van der Waals surface area (Å²) < 4.78 is 3.92. The first kappa shape index (κ1) is 17.8. The molecule has 0 saturated carbocycles. The maximum atomic E-state index is 12.9. The number of hydrogen-bond donors (Lipinski definition) is 1. The summed E-state index contributed by atoms with van der Waals surface area (Å²) in [5.41, 5.74) is 5.33. The summed E-state index contributed by atoms with van der Waals surface area (Å²) in [5, 5.41) is 4.85. The molecule has 0 radical (unpaired) electrons. The van der Waals surface area contributed by atoms with Crippen molar-refractivity contribution in [3.8, 4) is 0 Å². The minimum absolute atomic E-state index is 0.378. The van der Waals surface area contributed by atoms with Crippen molar-refractivity contribution in [2.75, 3.05) is 0 Å². The normalized spacial score (nSPS) is 14.5. The molecule has 0 atom stereocenters. The number of aryl methyl sites for hydroxylation is 3. The van der Waals surface area contributed by atoms with E-state index in [2.05, 4.69) is 11.4 Å². The fourth-order valence-electron chi connectivity index (χ4n) is 4.23. The van der Waals surface area contributed by atoms with Crippen LogP contribution in [0.5, 0.6) is 0 Å². The molecule has 2 amide bonds.